The topological polar surface area (TPSA) is 110 Å². The Balaban J connectivity index is 3.13. The van der Waals surface area contributed by atoms with E-state index in [4.69, 9.17) is 0 Å². The maximum absolute atomic E-state index is 10.5. The van der Waals surface area contributed by atoms with Gasteiger partial charge in [-0.05, 0) is 6.92 Å². The molecule has 1 aromatic rings. The van der Waals surface area contributed by atoms with Crippen LogP contribution in [0.4, 0.5) is 5.69 Å². The Bertz CT molecular complexity index is 399. The highest BCUT2D eigenvalue weighted by Crippen LogP contribution is 2.25. The van der Waals surface area contributed by atoms with E-state index >= 15 is 0 Å². The molecule has 1 rings (SSSR count). The maximum atomic E-state index is 10.5. The van der Waals surface area contributed by atoms with Crippen LogP contribution in [0.1, 0.15) is 13.0 Å². The van der Waals surface area contributed by atoms with Gasteiger partial charge in [-0.1, -0.05) is 0 Å². The molecule has 8 heteroatoms. The number of carbonyl (C=O) groups is 1. The number of carboxylic acid groups (broad SMARTS) is 1. The summed E-state index contributed by atoms with van der Waals surface area (Å²) in [5, 5.41) is 24.6. The summed E-state index contributed by atoms with van der Waals surface area (Å²) < 4.78 is 5.54. The van der Waals surface area contributed by atoms with Gasteiger partial charge in [0.25, 0.3) is 0 Å². The molecule has 0 radical (unpaired) electrons. The minimum Gasteiger partial charge on any atom is -0.548 e. The fraction of sp³-hybridized carbons (Fsp3) is 0.429. The number of rotatable bonds is 4. The van der Waals surface area contributed by atoms with E-state index in [1.807, 2.05) is 0 Å². The number of nitrogens with zero attached hydrogens (tertiary/aromatic N) is 3. The molecule has 82 valence electrons. The van der Waals surface area contributed by atoms with Crippen molar-refractivity contribution in [3.63, 3.8) is 0 Å². The van der Waals surface area contributed by atoms with Crippen molar-refractivity contribution in [2.75, 3.05) is 7.11 Å². The highest BCUT2D eigenvalue weighted by atomic mass is 16.6. The fourth-order valence-corrected chi connectivity index (χ4v) is 0.943. The second-order valence-corrected chi connectivity index (χ2v) is 2.76. The Hall–Kier alpha value is -2.12. The van der Waals surface area contributed by atoms with Crippen LogP contribution in [-0.2, 0) is 4.79 Å². The number of hydrogen-bond donors (Lipinski definition) is 0. The van der Waals surface area contributed by atoms with Gasteiger partial charge in [-0.25, -0.2) is 0 Å². The van der Waals surface area contributed by atoms with E-state index in [2.05, 4.69) is 9.84 Å². The maximum Gasteiger partial charge on any atom is 0.350 e. The molecule has 0 saturated heterocycles. The molecule has 0 aliphatic carbocycles. The van der Waals surface area contributed by atoms with E-state index in [9.17, 15) is 20.0 Å². The Morgan fingerprint density at radius 3 is 2.67 bits per heavy atom. The molecule has 1 heterocycles. The highest BCUT2D eigenvalue weighted by molar-refractivity contribution is 5.69. The minimum atomic E-state index is -1.38. The summed E-state index contributed by atoms with van der Waals surface area (Å²) in [5.41, 5.74) is -0.384. The lowest BCUT2D eigenvalue weighted by Gasteiger charge is -2.11. The van der Waals surface area contributed by atoms with E-state index in [1.54, 1.807) is 0 Å². The quantitative estimate of drug-likeness (QED) is 0.475. The smallest absolute Gasteiger partial charge is 0.350 e. The van der Waals surface area contributed by atoms with Crippen LogP contribution in [0, 0.1) is 10.1 Å². The molecule has 0 saturated carbocycles. The lowest BCUT2D eigenvalue weighted by Crippen LogP contribution is -2.31. The zero-order valence-corrected chi connectivity index (χ0v) is 8.04. The molecule has 0 aliphatic rings. The second-order valence-electron chi connectivity index (χ2n) is 2.76. The zero-order chi connectivity index (χ0) is 11.6. The van der Waals surface area contributed by atoms with Crippen LogP contribution in [0.15, 0.2) is 6.20 Å². The molecular formula is C7H8N3O5-. The van der Waals surface area contributed by atoms with Crippen molar-refractivity contribution in [2.24, 2.45) is 0 Å². The summed E-state index contributed by atoms with van der Waals surface area (Å²) in [6, 6.07) is -1.09. The Kier molecular flexibility index (Phi) is 2.88. The third-order valence-corrected chi connectivity index (χ3v) is 1.81. The first-order valence-corrected chi connectivity index (χ1v) is 3.95. The normalized spacial score (nSPS) is 12.1. The molecular weight excluding hydrogens is 206 g/mol. The average Bonchev–Trinajstić information content (AvgIpc) is 2.59. The Morgan fingerprint density at radius 1 is 1.73 bits per heavy atom. The summed E-state index contributed by atoms with van der Waals surface area (Å²) in [7, 11) is 1.21. The van der Waals surface area contributed by atoms with Gasteiger partial charge in [0, 0.05) is 0 Å². The largest absolute Gasteiger partial charge is 0.548 e. The zero-order valence-electron chi connectivity index (χ0n) is 8.04. The van der Waals surface area contributed by atoms with Crippen LogP contribution >= 0.6 is 0 Å². The predicted molar refractivity (Wildman–Crippen MR) is 45.2 cm³/mol. The molecule has 0 amide bonds. The Labute approximate surface area is 84.2 Å². The number of aromatic nitrogens is 2. The predicted octanol–water partition coefficient (Wildman–Crippen LogP) is -0.889. The van der Waals surface area contributed by atoms with Crippen LogP contribution in [0.2, 0.25) is 0 Å². The number of carbonyl (C=O) groups excluding carboxylic acids is 1. The van der Waals surface area contributed by atoms with Gasteiger partial charge in [0.15, 0.2) is 0 Å². The number of aliphatic carboxylic acids is 1. The van der Waals surface area contributed by atoms with Crippen LogP contribution in [-0.4, -0.2) is 27.8 Å². The van der Waals surface area contributed by atoms with Gasteiger partial charge < -0.3 is 14.6 Å². The van der Waals surface area contributed by atoms with E-state index in [1.165, 1.54) is 14.0 Å². The summed E-state index contributed by atoms with van der Waals surface area (Å²) >= 11 is 0. The molecule has 0 bridgehead atoms. The van der Waals surface area contributed by atoms with Crippen LogP contribution in [0.5, 0.6) is 5.88 Å². The van der Waals surface area contributed by atoms with Crippen molar-refractivity contribution in [2.45, 2.75) is 13.0 Å². The van der Waals surface area contributed by atoms with Gasteiger partial charge in [0.2, 0.25) is 0 Å². The number of carboxylic acids is 1. The van der Waals surface area contributed by atoms with Crippen molar-refractivity contribution in [1.82, 2.24) is 9.78 Å². The molecule has 0 aliphatic heterocycles. The number of ether oxygens (including phenoxy) is 1. The van der Waals surface area contributed by atoms with Crippen molar-refractivity contribution in [3.8, 4) is 5.88 Å². The van der Waals surface area contributed by atoms with Gasteiger partial charge in [0.1, 0.15) is 6.20 Å². The SMILES string of the molecule is COc1nn([C@H](C)C(=O)[O-])cc1[N+](=O)[O-]. The summed E-state index contributed by atoms with van der Waals surface area (Å²) in [4.78, 5) is 20.3. The molecule has 0 fully saturated rings. The second kappa shape index (κ2) is 3.95. The third kappa shape index (κ3) is 2.03. The van der Waals surface area contributed by atoms with E-state index in [0.717, 1.165) is 10.9 Å². The molecule has 1 atom stereocenters. The summed E-state index contributed by atoms with van der Waals surface area (Å²) in [6.07, 6.45) is 0.985. The van der Waals surface area contributed by atoms with Gasteiger partial charge in [-0.15, -0.1) is 5.10 Å². The average molecular weight is 214 g/mol. The summed E-state index contributed by atoms with van der Waals surface area (Å²) in [6.45, 7) is 1.30. The number of methoxy groups -OCH3 is 1. The minimum absolute atomic E-state index is 0.229. The molecule has 15 heavy (non-hydrogen) atoms. The third-order valence-electron chi connectivity index (χ3n) is 1.81. The lowest BCUT2D eigenvalue weighted by atomic mass is 10.3. The fourth-order valence-electron chi connectivity index (χ4n) is 0.943. The van der Waals surface area contributed by atoms with E-state index < -0.39 is 16.9 Å². The monoisotopic (exact) mass is 214 g/mol. The first kappa shape index (κ1) is 11.0. The first-order valence-electron chi connectivity index (χ1n) is 3.95. The van der Waals surface area contributed by atoms with Crippen LogP contribution in [0.25, 0.3) is 0 Å². The first-order chi connectivity index (χ1) is 6.97. The lowest BCUT2D eigenvalue weighted by molar-refractivity contribution is -0.385. The Morgan fingerprint density at radius 2 is 2.33 bits per heavy atom. The molecule has 0 N–H and O–H groups in total. The molecule has 8 nitrogen and oxygen atoms in total. The van der Waals surface area contributed by atoms with Gasteiger partial charge >= 0.3 is 11.6 Å². The highest BCUT2D eigenvalue weighted by Gasteiger charge is 2.22. The van der Waals surface area contributed by atoms with Crippen molar-refractivity contribution in [3.05, 3.63) is 16.3 Å². The van der Waals surface area contributed by atoms with Crippen molar-refractivity contribution >= 4 is 11.7 Å². The van der Waals surface area contributed by atoms with Gasteiger partial charge in [-0.3, -0.25) is 14.8 Å². The molecule has 0 aromatic carbocycles. The van der Waals surface area contributed by atoms with Crippen LogP contribution in [0.3, 0.4) is 0 Å². The van der Waals surface area contributed by atoms with Gasteiger partial charge in [-0.2, -0.15) is 0 Å². The number of nitro groups is 1. The number of hydrogen-bond acceptors (Lipinski definition) is 6. The molecule has 0 spiro atoms. The van der Waals surface area contributed by atoms with E-state index in [-0.39, 0.29) is 11.6 Å². The van der Waals surface area contributed by atoms with Gasteiger partial charge in [0.05, 0.1) is 24.0 Å². The van der Waals surface area contributed by atoms with E-state index in [0.29, 0.717) is 0 Å². The standard InChI is InChI=1S/C7H9N3O5/c1-4(7(11)12)9-3-5(10(13)14)6(8-9)15-2/h3-4H,1-2H3,(H,11,12)/p-1/t4-/m1/s1. The van der Waals surface area contributed by atoms with Crippen LogP contribution < -0.4 is 9.84 Å². The summed E-state index contributed by atoms with van der Waals surface area (Å²) in [5.74, 6) is -1.61. The molecule has 1 aromatic heterocycles. The van der Waals surface area contributed by atoms with Crippen molar-refractivity contribution < 1.29 is 19.6 Å². The van der Waals surface area contributed by atoms with Crippen molar-refractivity contribution in [1.29, 1.82) is 0 Å². The molecule has 0 unspecified atom stereocenters.